The second kappa shape index (κ2) is 5.81. The number of ether oxygens (including phenoxy) is 2. The molecule has 6 nitrogen and oxygen atoms in total. The van der Waals surface area contributed by atoms with Gasteiger partial charge in [0.05, 0.1) is 31.8 Å². The van der Waals surface area contributed by atoms with Crippen molar-refractivity contribution in [1.29, 1.82) is 0 Å². The molecule has 2 aromatic heterocycles. The largest absolute Gasteiger partial charge is 0.493 e. The van der Waals surface area contributed by atoms with E-state index in [0.717, 1.165) is 0 Å². The number of methoxy groups -OCH3 is 2. The van der Waals surface area contributed by atoms with Crippen LogP contribution >= 0.6 is 0 Å². The van der Waals surface area contributed by atoms with Gasteiger partial charge >= 0.3 is 0 Å². The average Bonchev–Trinajstić information content (AvgIpc) is 2.47. The first-order chi connectivity index (χ1) is 9.30. The topological polar surface area (TPSA) is 76.8 Å². The molecule has 0 aromatic carbocycles. The van der Waals surface area contributed by atoms with E-state index in [2.05, 4.69) is 15.1 Å². The maximum absolute atomic E-state index is 8.61. The minimum Gasteiger partial charge on any atom is -0.493 e. The zero-order valence-corrected chi connectivity index (χ0v) is 10.6. The van der Waals surface area contributed by atoms with Crippen LogP contribution in [0.25, 0.3) is 11.4 Å². The molecule has 0 unspecified atom stereocenters. The van der Waals surface area contributed by atoms with Crippen molar-refractivity contribution in [2.45, 2.75) is 0 Å². The zero-order chi connectivity index (χ0) is 13.7. The summed E-state index contributed by atoms with van der Waals surface area (Å²) in [6.45, 7) is 0. The van der Waals surface area contributed by atoms with Gasteiger partial charge in [0.1, 0.15) is 5.69 Å². The lowest BCUT2D eigenvalue weighted by atomic mass is 10.2. The van der Waals surface area contributed by atoms with Crippen LogP contribution in [0.3, 0.4) is 0 Å². The number of nitrogens with zero attached hydrogens (tertiary/aromatic N) is 3. The highest BCUT2D eigenvalue weighted by atomic mass is 16.5. The number of pyridine rings is 2. The van der Waals surface area contributed by atoms with Crippen molar-refractivity contribution >= 4 is 6.21 Å². The summed E-state index contributed by atoms with van der Waals surface area (Å²) in [7, 11) is 3.06. The third-order valence-electron chi connectivity index (χ3n) is 2.48. The lowest BCUT2D eigenvalue weighted by Gasteiger charge is -2.12. The van der Waals surface area contributed by atoms with E-state index in [1.165, 1.54) is 20.4 Å². The van der Waals surface area contributed by atoms with Crippen molar-refractivity contribution in [1.82, 2.24) is 9.97 Å². The maximum atomic E-state index is 8.61. The molecule has 0 aliphatic heterocycles. The smallest absolute Gasteiger partial charge is 0.188 e. The van der Waals surface area contributed by atoms with Gasteiger partial charge in [0.15, 0.2) is 11.5 Å². The maximum Gasteiger partial charge on any atom is 0.188 e. The number of hydrogen-bond donors (Lipinski definition) is 1. The summed E-state index contributed by atoms with van der Waals surface area (Å²) in [6.07, 6.45) is 2.88. The fourth-order valence-electron chi connectivity index (χ4n) is 1.68. The quantitative estimate of drug-likeness (QED) is 0.516. The van der Waals surface area contributed by atoms with Gasteiger partial charge in [0.2, 0.25) is 0 Å². The molecule has 2 rings (SSSR count). The van der Waals surface area contributed by atoms with E-state index >= 15 is 0 Å². The Morgan fingerprint density at radius 2 is 2.11 bits per heavy atom. The van der Waals surface area contributed by atoms with Crippen molar-refractivity contribution in [3.05, 3.63) is 36.2 Å². The Labute approximate surface area is 110 Å². The predicted molar refractivity (Wildman–Crippen MR) is 70.0 cm³/mol. The standard InChI is InChI=1S/C13H13N3O3/c1-18-11-7-9(8-15-17)16-12(13(11)19-2)10-5-3-4-6-14-10/h3-8,17H,1-2H3/b15-8+. The van der Waals surface area contributed by atoms with E-state index in [1.807, 2.05) is 18.2 Å². The van der Waals surface area contributed by atoms with Gasteiger partial charge in [-0.1, -0.05) is 11.2 Å². The van der Waals surface area contributed by atoms with Crippen LogP contribution in [-0.2, 0) is 0 Å². The third kappa shape index (κ3) is 2.62. The molecule has 0 saturated carbocycles. The SMILES string of the molecule is COc1cc(/C=N/O)nc(-c2ccccn2)c1OC. The molecular formula is C13H13N3O3. The lowest BCUT2D eigenvalue weighted by Crippen LogP contribution is -2.00. The Morgan fingerprint density at radius 3 is 2.68 bits per heavy atom. The third-order valence-corrected chi connectivity index (χ3v) is 2.48. The zero-order valence-electron chi connectivity index (χ0n) is 10.6. The van der Waals surface area contributed by atoms with Crippen LogP contribution in [0, 0.1) is 0 Å². The van der Waals surface area contributed by atoms with Gasteiger partial charge in [-0.15, -0.1) is 0 Å². The molecule has 19 heavy (non-hydrogen) atoms. The summed E-state index contributed by atoms with van der Waals surface area (Å²) in [4.78, 5) is 8.56. The van der Waals surface area contributed by atoms with Crippen molar-refractivity contribution < 1.29 is 14.7 Å². The van der Waals surface area contributed by atoms with Crippen LogP contribution in [0.5, 0.6) is 11.5 Å². The van der Waals surface area contributed by atoms with Gasteiger partial charge in [0, 0.05) is 12.3 Å². The molecule has 0 aliphatic rings. The van der Waals surface area contributed by atoms with Gasteiger partial charge in [-0.2, -0.15) is 0 Å². The summed E-state index contributed by atoms with van der Waals surface area (Å²) in [5.41, 5.74) is 1.61. The molecule has 0 aliphatic carbocycles. The number of aromatic nitrogens is 2. The molecule has 0 fully saturated rings. The first kappa shape index (κ1) is 12.8. The van der Waals surface area contributed by atoms with Gasteiger partial charge < -0.3 is 14.7 Å². The first-order valence-electron chi connectivity index (χ1n) is 5.52. The number of rotatable bonds is 4. The fourth-order valence-corrected chi connectivity index (χ4v) is 1.68. The molecule has 6 heteroatoms. The Hall–Kier alpha value is -2.63. The summed E-state index contributed by atoms with van der Waals surface area (Å²) < 4.78 is 10.6. The summed E-state index contributed by atoms with van der Waals surface area (Å²) in [5, 5.41) is 11.6. The van der Waals surface area contributed by atoms with Crippen molar-refractivity contribution in [3.8, 4) is 22.9 Å². The monoisotopic (exact) mass is 259 g/mol. The second-order valence-electron chi connectivity index (χ2n) is 3.59. The second-order valence-corrected chi connectivity index (χ2v) is 3.59. The normalized spacial score (nSPS) is 10.6. The molecular weight excluding hydrogens is 246 g/mol. The molecule has 0 spiro atoms. The van der Waals surface area contributed by atoms with Crippen LogP contribution < -0.4 is 9.47 Å². The van der Waals surface area contributed by atoms with E-state index in [9.17, 15) is 0 Å². The molecule has 0 radical (unpaired) electrons. The van der Waals surface area contributed by atoms with Crippen LogP contribution in [0.4, 0.5) is 0 Å². The van der Waals surface area contributed by atoms with E-state index in [4.69, 9.17) is 14.7 Å². The van der Waals surface area contributed by atoms with Gasteiger partial charge in [-0.05, 0) is 12.1 Å². The van der Waals surface area contributed by atoms with Gasteiger partial charge in [-0.25, -0.2) is 4.98 Å². The molecule has 98 valence electrons. The van der Waals surface area contributed by atoms with Gasteiger partial charge in [0.25, 0.3) is 0 Å². The minimum atomic E-state index is 0.445. The highest BCUT2D eigenvalue weighted by Gasteiger charge is 2.16. The molecule has 0 amide bonds. The van der Waals surface area contributed by atoms with Crippen molar-refractivity contribution in [2.75, 3.05) is 14.2 Å². The Morgan fingerprint density at radius 1 is 1.26 bits per heavy atom. The van der Waals surface area contributed by atoms with Crippen LogP contribution in [0.1, 0.15) is 5.69 Å². The Balaban J connectivity index is 2.66. The molecule has 0 bridgehead atoms. The average molecular weight is 259 g/mol. The number of hydrogen-bond acceptors (Lipinski definition) is 6. The van der Waals surface area contributed by atoms with Crippen molar-refractivity contribution in [3.63, 3.8) is 0 Å². The Bertz CT molecular complexity index is 585. The highest BCUT2D eigenvalue weighted by Crippen LogP contribution is 2.35. The summed E-state index contributed by atoms with van der Waals surface area (Å²) >= 11 is 0. The molecule has 2 heterocycles. The van der Waals surface area contributed by atoms with Crippen molar-refractivity contribution in [2.24, 2.45) is 5.16 Å². The van der Waals surface area contributed by atoms with E-state index < -0.39 is 0 Å². The first-order valence-corrected chi connectivity index (χ1v) is 5.52. The van der Waals surface area contributed by atoms with E-state index in [-0.39, 0.29) is 0 Å². The van der Waals surface area contributed by atoms with Crippen LogP contribution in [-0.4, -0.2) is 35.6 Å². The summed E-state index contributed by atoms with van der Waals surface area (Å²) in [5.74, 6) is 0.976. The van der Waals surface area contributed by atoms with Gasteiger partial charge in [-0.3, -0.25) is 4.98 Å². The highest BCUT2D eigenvalue weighted by molar-refractivity contribution is 5.80. The predicted octanol–water partition coefficient (Wildman–Crippen LogP) is 1.97. The van der Waals surface area contributed by atoms with E-state index in [1.54, 1.807) is 12.3 Å². The van der Waals surface area contributed by atoms with E-state index in [0.29, 0.717) is 28.6 Å². The van der Waals surface area contributed by atoms with Crippen LogP contribution in [0.15, 0.2) is 35.6 Å². The minimum absolute atomic E-state index is 0.445. The molecule has 0 saturated heterocycles. The molecule has 0 atom stereocenters. The number of oxime groups is 1. The lowest BCUT2D eigenvalue weighted by molar-refractivity contribution is 0.321. The molecule has 1 N–H and O–H groups in total. The Kier molecular flexibility index (Phi) is 3.92. The fraction of sp³-hybridized carbons (Fsp3) is 0.154. The van der Waals surface area contributed by atoms with Crippen LogP contribution in [0.2, 0.25) is 0 Å². The summed E-state index contributed by atoms with van der Waals surface area (Å²) in [6, 6.07) is 7.09. The molecule has 2 aromatic rings.